The van der Waals surface area contributed by atoms with E-state index in [1.54, 1.807) is 18.3 Å². The van der Waals surface area contributed by atoms with Crippen molar-refractivity contribution in [1.29, 1.82) is 0 Å². The number of nitrogens with one attached hydrogen (secondary N) is 3. The van der Waals surface area contributed by atoms with E-state index in [-0.39, 0.29) is 11.8 Å². The molecule has 1 rings (SSSR count). The first-order valence-corrected chi connectivity index (χ1v) is 8.94. The molecular weight excluding hydrogens is 298 g/mol. The third kappa shape index (κ3) is 6.88. The van der Waals surface area contributed by atoms with E-state index in [2.05, 4.69) is 15.4 Å². The maximum absolute atomic E-state index is 11.5. The number of amides is 2. The van der Waals surface area contributed by atoms with Crippen molar-refractivity contribution in [3.8, 4) is 0 Å². The van der Waals surface area contributed by atoms with Gasteiger partial charge in [-0.1, -0.05) is 0 Å². The third-order valence-corrected chi connectivity index (χ3v) is 4.97. The molecule has 0 spiro atoms. The van der Waals surface area contributed by atoms with Crippen LogP contribution in [0.15, 0.2) is 12.1 Å². The van der Waals surface area contributed by atoms with Crippen molar-refractivity contribution in [2.45, 2.75) is 26.8 Å². The summed E-state index contributed by atoms with van der Waals surface area (Å²) in [6.07, 6.45) is 0.560. The van der Waals surface area contributed by atoms with Crippen molar-refractivity contribution >= 4 is 27.4 Å². The van der Waals surface area contributed by atoms with Gasteiger partial charge in [0.15, 0.2) is 0 Å². The zero-order valence-electron chi connectivity index (χ0n) is 11.7. The predicted octanol–water partition coefficient (Wildman–Crippen LogP) is 1.19. The molecule has 0 bridgehead atoms. The largest absolute Gasteiger partial charge is 0.338 e. The Hall–Kier alpha value is -1.12. The Balaban J connectivity index is 2.09. The Morgan fingerprint density at radius 2 is 2.00 bits per heavy atom. The summed E-state index contributed by atoms with van der Waals surface area (Å²) >= 11 is 1.65. The second-order valence-corrected chi connectivity index (χ2v) is 7.74. The minimum absolute atomic E-state index is 0.0706. The van der Waals surface area contributed by atoms with Crippen LogP contribution in [0.3, 0.4) is 0 Å². The third-order valence-electron chi connectivity index (χ3n) is 2.56. The number of hydrogen-bond acceptors (Lipinski definition) is 4. The molecule has 1 aromatic heterocycles. The highest BCUT2D eigenvalue weighted by atomic mass is 32.2. The quantitative estimate of drug-likeness (QED) is 0.629. The zero-order valence-corrected chi connectivity index (χ0v) is 13.4. The van der Waals surface area contributed by atoms with Gasteiger partial charge in [0.25, 0.3) is 0 Å². The lowest BCUT2D eigenvalue weighted by Crippen LogP contribution is -2.36. The van der Waals surface area contributed by atoms with Gasteiger partial charge in [0.2, 0.25) is 10.0 Å². The van der Waals surface area contributed by atoms with Crippen LogP contribution < -0.4 is 15.4 Å². The number of rotatable bonds is 8. The Kier molecular flexibility index (Phi) is 6.97. The van der Waals surface area contributed by atoms with E-state index in [0.29, 0.717) is 26.1 Å². The van der Waals surface area contributed by atoms with E-state index in [1.165, 1.54) is 4.88 Å². The van der Waals surface area contributed by atoms with E-state index in [4.69, 9.17) is 0 Å². The zero-order chi connectivity index (χ0) is 15.0. The first-order valence-electron chi connectivity index (χ1n) is 6.47. The predicted molar refractivity (Wildman–Crippen MR) is 81.4 cm³/mol. The van der Waals surface area contributed by atoms with Crippen molar-refractivity contribution < 1.29 is 13.2 Å². The number of carbonyl (C=O) groups is 1. The summed E-state index contributed by atoms with van der Waals surface area (Å²) in [6, 6.07) is 3.76. The van der Waals surface area contributed by atoms with Gasteiger partial charge in [0.1, 0.15) is 0 Å². The van der Waals surface area contributed by atoms with E-state index < -0.39 is 10.0 Å². The second kappa shape index (κ2) is 8.23. The average Bonchev–Trinajstić information content (AvgIpc) is 2.82. The number of urea groups is 1. The standard InChI is InChI=1S/C12H21N3O3S2/c1-3-20(17,18)15-8-4-7-13-12(16)14-9-11-6-5-10(2)19-11/h5-6,15H,3-4,7-9H2,1-2H3,(H2,13,14,16). The summed E-state index contributed by atoms with van der Waals surface area (Å²) in [5.74, 6) is 0.0706. The van der Waals surface area contributed by atoms with Crippen LogP contribution in [0.5, 0.6) is 0 Å². The van der Waals surface area contributed by atoms with Crippen molar-refractivity contribution in [2.75, 3.05) is 18.8 Å². The van der Waals surface area contributed by atoms with Crippen LogP contribution >= 0.6 is 11.3 Å². The van der Waals surface area contributed by atoms with Crippen molar-refractivity contribution in [3.05, 3.63) is 21.9 Å². The fourth-order valence-electron chi connectivity index (χ4n) is 1.43. The van der Waals surface area contributed by atoms with Gasteiger partial charge < -0.3 is 10.6 Å². The fourth-order valence-corrected chi connectivity index (χ4v) is 2.92. The average molecular weight is 319 g/mol. The molecule has 20 heavy (non-hydrogen) atoms. The van der Waals surface area contributed by atoms with Crippen molar-refractivity contribution in [3.63, 3.8) is 0 Å². The van der Waals surface area contributed by atoms with E-state index in [0.717, 1.165) is 4.88 Å². The van der Waals surface area contributed by atoms with Crippen LogP contribution in [0.2, 0.25) is 0 Å². The maximum Gasteiger partial charge on any atom is 0.315 e. The fraction of sp³-hybridized carbons (Fsp3) is 0.583. The van der Waals surface area contributed by atoms with Crippen molar-refractivity contribution in [2.24, 2.45) is 0 Å². The van der Waals surface area contributed by atoms with Crippen LogP contribution in [0, 0.1) is 6.92 Å². The normalized spacial score (nSPS) is 11.3. The van der Waals surface area contributed by atoms with Crippen LogP contribution in [-0.2, 0) is 16.6 Å². The Labute approximate surface area is 124 Å². The molecule has 0 atom stereocenters. The molecule has 0 aliphatic carbocycles. The van der Waals surface area contributed by atoms with Gasteiger partial charge in [0.05, 0.1) is 12.3 Å². The minimum atomic E-state index is -3.14. The molecule has 0 aliphatic rings. The van der Waals surface area contributed by atoms with Crippen molar-refractivity contribution in [1.82, 2.24) is 15.4 Å². The maximum atomic E-state index is 11.5. The Bertz CT molecular complexity index is 526. The molecule has 0 unspecified atom stereocenters. The van der Waals surface area contributed by atoms with Crippen LogP contribution in [0.1, 0.15) is 23.1 Å². The first-order chi connectivity index (χ1) is 9.43. The Morgan fingerprint density at radius 3 is 2.60 bits per heavy atom. The molecule has 1 heterocycles. The van der Waals surface area contributed by atoms with Gasteiger partial charge in [-0.15, -0.1) is 11.3 Å². The van der Waals surface area contributed by atoms with Gasteiger partial charge in [-0.3, -0.25) is 0 Å². The summed E-state index contributed by atoms with van der Waals surface area (Å²) < 4.78 is 24.7. The summed E-state index contributed by atoms with van der Waals surface area (Å²) in [6.45, 7) is 4.88. The topological polar surface area (TPSA) is 87.3 Å². The molecule has 2 amide bonds. The molecule has 0 saturated carbocycles. The summed E-state index contributed by atoms with van der Waals surface area (Å²) in [4.78, 5) is 13.8. The minimum Gasteiger partial charge on any atom is -0.338 e. The monoisotopic (exact) mass is 319 g/mol. The van der Waals surface area contributed by atoms with Gasteiger partial charge in [0, 0.05) is 22.8 Å². The molecule has 1 aromatic rings. The molecule has 0 saturated heterocycles. The first kappa shape index (κ1) is 16.9. The molecule has 8 heteroatoms. The summed E-state index contributed by atoms with van der Waals surface area (Å²) in [7, 11) is -3.14. The molecule has 0 radical (unpaired) electrons. The van der Waals surface area contributed by atoms with Crippen LogP contribution in [0.25, 0.3) is 0 Å². The van der Waals surface area contributed by atoms with Gasteiger partial charge in [-0.2, -0.15) is 0 Å². The van der Waals surface area contributed by atoms with Gasteiger partial charge >= 0.3 is 6.03 Å². The second-order valence-electron chi connectivity index (χ2n) is 4.27. The van der Waals surface area contributed by atoms with Gasteiger partial charge in [-0.05, 0) is 32.4 Å². The van der Waals surface area contributed by atoms with E-state index in [9.17, 15) is 13.2 Å². The molecular formula is C12H21N3O3S2. The number of aryl methyl sites for hydroxylation is 1. The number of thiophene rings is 1. The highest BCUT2D eigenvalue weighted by Crippen LogP contribution is 2.14. The summed E-state index contributed by atoms with van der Waals surface area (Å²) in [5, 5.41) is 5.44. The van der Waals surface area contributed by atoms with Crippen LogP contribution in [-0.4, -0.2) is 33.3 Å². The highest BCUT2D eigenvalue weighted by molar-refractivity contribution is 7.89. The molecule has 6 nitrogen and oxygen atoms in total. The number of sulfonamides is 1. The highest BCUT2D eigenvalue weighted by Gasteiger charge is 2.05. The van der Waals surface area contributed by atoms with E-state index >= 15 is 0 Å². The Morgan fingerprint density at radius 1 is 1.25 bits per heavy atom. The van der Waals surface area contributed by atoms with Gasteiger partial charge in [-0.25, -0.2) is 17.9 Å². The smallest absolute Gasteiger partial charge is 0.315 e. The molecule has 0 aromatic carbocycles. The molecule has 3 N–H and O–H groups in total. The number of carbonyl (C=O) groups excluding carboxylic acids is 1. The summed E-state index contributed by atoms with van der Waals surface area (Å²) in [5.41, 5.74) is 0. The SMILES string of the molecule is CCS(=O)(=O)NCCCNC(=O)NCc1ccc(C)s1. The lowest BCUT2D eigenvalue weighted by atomic mass is 10.4. The lowest BCUT2D eigenvalue weighted by Gasteiger charge is -2.07. The number of hydrogen-bond donors (Lipinski definition) is 3. The van der Waals surface area contributed by atoms with Crippen LogP contribution in [0.4, 0.5) is 4.79 Å². The molecule has 0 aliphatic heterocycles. The lowest BCUT2D eigenvalue weighted by molar-refractivity contribution is 0.240. The van der Waals surface area contributed by atoms with E-state index in [1.807, 2.05) is 19.1 Å². The molecule has 114 valence electrons. The molecule has 0 fully saturated rings.